The van der Waals surface area contributed by atoms with E-state index < -0.39 is 0 Å². The van der Waals surface area contributed by atoms with Gasteiger partial charge < -0.3 is 10.6 Å². The Kier molecular flexibility index (Phi) is 7.89. The van der Waals surface area contributed by atoms with Crippen molar-refractivity contribution in [1.82, 2.24) is 5.32 Å². The molecule has 4 aromatic rings. The molecule has 3 nitrogen and oxygen atoms in total. The lowest BCUT2D eigenvalue weighted by Gasteiger charge is -2.24. The number of carbonyl (C=O) groups excluding carboxylic acids is 1. The molecule has 4 rings (SSSR count). The van der Waals surface area contributed by atoms with Crippen LogP contribution in [0.4, 0.5) is 5.69 Å². The van der Waals surface area contributed by atoms with E-state index in [1.807, 2.05) is 66.7 Å². The molecular formula is C33H34N2OS. The summed E-state index contributed by atoms with van der Waals surface area (Å²) in [6.45, 7) is 10.7. The number of hydrogen-bond acceptors (Lipinski definition) is 2. The second-order valence-corrected chi connectivity index (χ2v) is 10.9. The van der Waals surface area contributed by atoms with E-state index in [-0.39, 0.29) is 17.2 Å². The highest BCUT2D eigenvalue weighted by molar-refractivity contribution is 7.80. The first kappa shape index (κ1) is 26.3. The van der Waals surface area contributed by atoms with Gasteiger partial charge in [-0.3, -0.25) is 4.79 Å². The fourth-order valence-corrected chi connectivity index (χ4v) is 4.70. The first-order valence-electron chi connectivity index (χ1n) is 12.6. The van der Waals surface area contributed by atoms with Crippen molar-refractivity contribution in [3.8, 4) is 0 Å². The van der Waals surface area contributed by atoms with Crippen molar-refractivity contribution in [3.63, 3.8) is 0 Å². The highest BCUT2D eigenvalue weighted by atomic mass is 32.1. The third kappa shape index (κ3) is 6.52. The fraction of sp³-hybridized carbons (Fsp3) is 0.212. The second-order valence-electron chi connectivity index (χ2n) is 10.5. The molecule has 37 heavy (non-hydrogen) atoms. The van der Waals surface area contributed by atoms with Gasteiger partial charge in [-0.15, -0.1) is 0 Å². The standard InChI is InChI=1S/C33H34N2OS/c1-22-14-19-29(23(2)20-22)30(24-10-7-6-8-11-24)35-32(37)34-28-13-9-12-26(21-28)31(36)25-15-17-27(18-16-25)33(3,4)5/h6-21,30H,1-5H3,(H2,34,35,37)/t30-/m1/s1. The van der Waals surface area contributed by atoms with Crippen LogP contribution in [0.5, 0.6) is 0 Å². The first-order valence-corrected chi connectivity index (χ1v) is 13.0. The Morgan fingerprint density at radius 3 is 2.14 bits per heavy atom. The topological polar surface area (TPSA) is 41.1 Å². The summed E-state index contributed by atoms with van der Waals surface area (Å²) >= 11 is 5.73. The van der Waals surface area contributed by atoms with Gasteiger partial charge in [0, 0.05) is 16.8 Å². The summed E-state index contributed by atoms with van der Waals surface area (Å²) in [7, 11) is 0. The van der Waals surface area contributed by atoms with E-state index in [9.17, 15) is 4.79 Å². The van der Waals surface area contributed by atoms with E-state index >= 15 is 0 Å². The summed E-state index contributed by atoms with van der Waals surface area (Å²) in [6.07, 6.45) is 0. The molecule has 0 saturated heterocycles. The molecule has 4 aromatic carbocycles. The van der Waals surface area contributed by atoms with Gasteiger partial charge in [0.1, 0.15) is 0 Å². The molecule has 0 unspecified atom stereocenters. The number of rotatable bonds is 6. The summed E-state index contributed by atoms with van der Waals surface area (Å²) < 4.78 is 0. The van der Waals surface area contributed by atoms with Gasteiger partial charge in [-0.05, 0) is 65.9 Å². The van der Waals surface area contributed by atoms with Crippen LogP contribution in [0.3, 0.4) is 0 Å². The summed E-state index contributed by atoms with van der Waals surface area (Å²) in [5.74, 6) is -0.0135. The normalized spacial score (nSPS) is 12.0. The summed E-state index contributed by atoms with van der Waals surface area (Å²) in [5.41, 5.74) is 8.02. The minimum atomic E-state index is -0.104. The summed E-state index contributed by atoms with van der Waals surface area (Å²) in [6, 6.07) is 32.0. The van der Waals surface area contributed by atoms with E-state index in [0.29, 0.717) is 16.2 Å². The van der Waals surface area contributed by atoms with E-state index in [1.165, 1.54) is 22.3 Å². The lowest BCUT2D eigenvalue weighted by molar-refractivity contribution is 0.103. The fourth-order valence-electron chi connectivity index (χ4n) is 4.46. The Bertz CT molecular complexity index is 1400. The van der Waals surface area contributed by atoms with Gasteiger partial charge in [-0.2, -0.15) is 0 Å². The van der Waals surface area contributed by atoms with Gasteiger partial charge in [-0.1, -0.05) is 111 Å². The third-order valence-electron chi connectivity index (χ3n) is 6.54. The van der Waals surface area contributed by atoms with Gasteiger partial charge >= 0.3 is 0 Å². The molecule has 0 aromatic heterocycles. The quantitative estimate of drug-likeness (QED) is 0.206. The molecule has 0 amide bonds. The van der Waals surface area contributed by atoms with Gasteiger partial charge in [0.15, 0.2) is 10.9 Å². The van der Waals surface area contributed by atoms with Crippen LogP contribution in [-0.4, -0.2) is 10.9 Å². The van der Waals surface area contributed by atoms with Crippen LogP contribution in [-0.2, 0) is 5.41 Å². The number of thiocarbonyl (C=S) groups is 1. The van der Waals surface area contributed by atoms with Crippen LogP contribution in [0.1, 0.15) is 70.6 Å². The molecule has 0 aliphatic heterocycles. The zero-order chi connectivity index (χ0) is 26.6. The van der Waals surface area contributed by atoms with Crippen LogP contribution < -0.4 is 10.6 Å². The molecule has 0 aliphatic carbocycles. The SMILES string of the molecule is Cc1ccc([C@H](NC(=S)Nc2cccc(C(=O)c3ccc(C(C)(C)C)cc3)c2)c2ccccc2)c(C)c1. The first-order chi connectivity index (χ1) is 17.6. The number of anilines is 1. The average molecular weight is 507 g/mol. The molecule has 0 bridgehead atoms. The van der Waals surface area contributed by atoms with Crippen LogP contribution >= 0.6 is 12.2 Å². The van der Waals surface area contributed by atoms with Crippen LogP contribution in [0.15, 0.2) is 97.1 Å². The van der Waals surface area contributed by atoms with E-state index in [4.69, 9.17) is 12.2 Å². The Morgan fingerprint density at radius 2 is 1.49 bits per heavy atom. The molecular weight excluding hydrogens is 472 g/mol. The number of nitrogens with one attached hydrogen (secondary N) is 2. The third-order valence-corrected chi connectivity index (χ3v) is 6.76. The Balaban J connectivity index is 1.53. The Labute approximate surface area is 226 Å². The molecule has 0 saturated carbocycles. The van der Waals surface area contributed by atoms with Gasteiger partial charge in [0.2, 0.25) is 0 Å². The minimum absolute atomic E-state index is 0.0135. The molecule has 0 heterocycles. The predicted molar refractivity (Wildman–Crippen MR) is 159 cm³/mol. The number of hydrogen-bond donors (Lipinski definition) is 2. The van der Waals surface area contributed by atoms with Crippen LogP contribution in [0.2, 0.25) is 0 Å². The van der Waals surface area contributed by atoms with E-state index in [0.717, 1.165) is 11.3 Å². The van der Waals surface area contributed by atoms with Gasteiger partial charge in [0.25, 0.3) is 0 Å². The summed E-state index contributed by atoms with van der Waals surface area (Å²) in [4.78, 5) is 13.2. The van der Waals surface area contributed by atoms with Gasteiger partial charge in [-0.25, -0.2) is 0 Å². The molecule has 1 atom stereocenters. The maximum Gasteiger partial charge on any atom is 0.193 e. The number of aryl methyl sites for hydroxylation is 2. The highest BCUT2D eigenvalue weighted by Crippen LogP contribution is 2.27. The monoisotopic (exact) mass is 506 g/mol. The Morgan fingerprint density at radius 1 is 0.784 bits per heavy atom. The van der Waals surface area contributed by atoms with E-state index in [2.05, 4.69) is 75.6 Å². The average Bonchev–Trinajstić information content (AvgIpc) is 2.87. The molecule has 188 valence electrons. The molecule has 0 fully saturated rings. The smallest absolute Gasteiger partial charge is 0.193 e. The maximum atomic E-state index is 13.2. The molecule has 2 N–H and O–H groups in total. The zero-order valence-corrected chi connectivity index (χ0v) is 22.9. The maximum absolute atomic E-state index is 13.2. The molecule has 4 heteroatoms. The predicted octanol–water partition coefficient (Wildman–Crippen LogP) is 7.91. The van der Waals surface area contributed by atoms with Crippen LogP contribution in [0.25, 0.3) is 0 Å². The highest BCUT2D eigenvalue weighted by Gasteiger charge is 2.18. The number of carbonyl (C=O) groups is 1. The lowest BCUT2D eigenvalue weighted by atomic mass is 9.86. The van der Waals surface area contributed by atoms with Crippen molar-refractivity contribution in [1.29, 1.82) is 0 Å². The van der Waals surface area contributed by atoms with E-state index in [1.54, 1.807) is 0 Å². The largest absolute Gasteiger partial charge is 0.352 e. The Hall–Kier alpha value is -3.76. The number of ketones is 1. The minimum Gasteiger partial charge on any atom is -0.352 e. The van der Waals surface area contributed by atoms with Crippen molar-refractivity contribution in [3.05, 3.63) is 136 Å². The second kappa shape index (κ2) is 11.1. The molecule has 0 aliphatic rings. The van der Waals surface area contributed by atoms with Gasteiger partial charge in [0.05, 0.1) is 6.04 Å². The number of benzene rings is 4. The van der Waals surface area contributed by atoms with Crippen molar-refractivity contribution >= 4 is 28.8 Å². The van der Waals surface area contributed by atoms with Crippen molar-refractivity contribution in [2.24, 2.45) is 0 Å². The van der Waals surface area contributed by atoms with Crippen molar-refractivity contribution in [2.45, 2.75) is 46.1 Å². The molecule has 0 radical (unpaired) electrons. The summed E-state index contributed by atoms with van der Waals surface area (Å²) in [5, 5.41) is 7.27. The zero-order valence-electron chi connectivity index (χ0n) is 22.1. The van der Waals surface area contributed by atoms with Crippen LogP contribution in [0, 0.1) is 13.8 Å². The molecule has 0 spiro atoms. The van der Waals surface area contributed by atoms with Crippen molar-refractivity contribution in [2.75, 3.05) is 5.32 Å². The van der Waals surface area contributed by atoms with Crippen molar-refractivity contribution < 1.29 is 4.79 Å². The lowest BCUT2D eigenvalue weighted by Crippen LogP contribution is -2.33.